The summed E-state index contributed by atoms with van der Waals surface area (Å²) in [6, 6.07) is 18.0. The number of pyridine rings is 1. The minimum atomic E-state index is -2.20. The molecule has 2 aromatic carbocycles. The Morgan fingerprint density at radius 2 is 1.61 bits per heavy atom. The topological polar surface area (TPSA) is 87.1 Å². The molecule has 0 aliphatic carbocycles. The number of carboxylic acid groups (broad SMARTS) is 1. The third kappa shape index (κ3) is 9.15. The standard InChI is InChI=1S/C33H45NO6Si/c1-23-28(37-5)20-26(21-29(23)38-6)30(18-24-12-10-9-11-13-24)39-32(40-41(7,8)33(2,3)4)17-16-27-15-14-25(22-34-27)19-31(35)36/h9-15,20-22,30,32H,16-19H2,1-8H3,(H,35,36). The summed E-state index contributed by atoms with van der Waals surface area (Å²) in [4.78, 5) is 15.6. The van der Waals surface area contributed by atoms with Crippen LogP contribution in [-0.4, -0.2) is 44.9 Å². The van der Waals surface area contributed by atoms with Gasteiger partial charge in [-0.25, -0.2) is 0 Å². The molecule has 1 aromatic heterocycles. The summed E-state index contributed by atoms with van der Waals surface area (Å²) in [5, 5.41) is 9.07. The molecule has 0 aliphatic rings. The highest BCUT2D eigenvalue weighted by molar-refractivity contribution is 6.74. The predicted octanol–water partition coefficient (Wildman–Crippen LogP) is 7.32. The lowest BCUT2D eigenvalue weighted by molar-refractivity contribution is -0.136. The zero-order chi connectivity index (χ0) is 30.2. The van der Waals surface area contributed by atoms with Gasteiger partial charge >= 0.3 is 5.97 Å². The third-order valence-corrected chi connectivity index (χ3v) is 12.3. The van der Waals surface area contributed by atoms with Crippen molar-refractivity contribution in [1.29, 1.82) is 0 Å². The van der Waals surface area contributed by atoms with E-state index in [1.165, 1.54) is 0 Å². The maximum Gasteiger partial charge on any atom is 0.307 e. The molecule has 222 valence electrons. The van der Waals surface area contributed by atoms with Gasteiger partial charge in [-0.05, 0) is 66.4 Å². The van der Waals surface area contributed by atoms with Crippen molar-refractivity contribution >= 4 is 14.3 Å². The first-order chi connectivity index (χ1) is 19.3. The fourth-order valence-corrected chi connectivity index (χ4v) is 5.54. The second-order valence-electron chi connectivity index (χ2n) is 11.9. The molecule has 0 spiro atoms. The quantitative estimate of drug-likeness (QED) is 0.158. The maximum atomic E-state index is 11.1. The Kier molecular flexibility index (Phi) is 11.1. The van der Waals surface area contributed by atoms with Gasteiger partial charge in [0.25, 0.3) is 0 Å². The Hall–Kier alpha value is -3.20. The van der Waals surface area contributed by atoms with Crippen LogP contribution in [0.5, 0.6) is 11.5 Å². The van der Waals surface area contributed by atoms with Gasteiger partial charge in [-0.1, -0.05) is 57.2 Å². The highest BCUT2D eigenvalue weighted by atomic mass is 28.4. The molecule has 2 atom stereocenters. The number of hydrogen-bond donors (Lipinski definition) is 1. The van der Waals surface area contributed by atoms with Gasteiger partial charge in [-0.2, -0.15) is 0 Å². The largest absolute Gasteiger partial charge is 0.496 e. The second kappa shape index (κ2) is 14.1. The van der Waals surface area contributed by atoms with Crippen molar-refractivity contribution in [3.63, 3.8) is 0 Å². The van der Waals surface area contributed by atoms with Crippen LogP contribution < -0.4 is 9.47 Å². The lowest BCUT2D eigenvalue weighted by Crippen LogP contribution is -2.45. The predicted molar refractivity (Wildman–Crippen MR) is 164 cm³/mol. The summed E-state index contributed by atoms with van der Waals surface area (Å²) in [6.45, 7) is 13.1. The summed E-state index contributed by atoms with van der Waals surface area (Å²) < 4.78 is 25.2. The minimum Gasteiger partial charge on any atom is -0.496 e. The molecule has 1 heterocycles. The highest BCUT2D eigenvalue weighted by Gasteiger charge is 2.40. The number of aryl methyl sites for hydroxylation is 1. The number of nitrogens with zero attached hydrogens (tertiary/aromatic N) is 1. The zero-order valence-electron chi connectivity index (χ0n) is 25.7. The molecule has 0 amide bonds. The van der Waals surface area contributed by atoms with Crippen LogP contribution in [0.3, 0.4) is 0 Å². The molecule has 0 radical (unpaired) electrons. The van der Waals surface area contributed by atoms with Crippen LogP contribution in [0.2, 0.25) is 18.1 Å². The molecule has 1 N–H and O–H groups in total. The number of hydrogen-bond acceptors (Lipinski definition) is 6. The van der Waals surface area contributed by atoms with Crippen LogP contribution in [0.1, 0.15) is 61.2 Å². The fourth-order valence-electron chi connectivity index (χ4n) is 4.36. The van der Waals surface area contributed by atoms with E-state index < -0.39 is 20.6 Å². The fraction of sp³-hybridized carbons (Fsp3) is 0.455. The van der Waals surface area contributed by atoms with Crippen molar-refractivity contribution < 1.29 is 28.5 Å². The van der Waals surface area contributed by atoms with Crippen molar-refractivity contribution in [1.82, 2.24) is 4.98 Å². The van der Waals surface area contributed by atoms with E-state index >= 15 is 0 Å². The summed E-state index contributed by atoms with van der Waals surface area (Å²) in [6.07, 6.45) is 2.67. The van der Waals surface area contributed by atoms with Gasteiger partial charge in [0.2, 0.25) is 0 Å². The van der Waals surface area contributed by atoms with E-state index in [1.54, 1.807) is 20.4 Å². The molecule has 0 saturated heterocycles. The van der Waals surface area contributed by atoms with Crippen molar-refractivity contribution in [3.05, 3.63) is 88.7 Å². The number of rotatable bonds is 14. The van der Waals surface area contributed by atoms with Gasteiger partial charge in [0.05, 0.1) is 26.7 Å². The molecule has 0 saturated carbocycles. The molecule has 2 unspecified atom stereocenters. The average Bonchev–Trinajstić information content (AvgIpc) is 2.91. The summed E-state index contributed by atoms with van der Waals surface area (Å²) in [7, 11) is 1.13. The Morgan fingerprint density at radius 1 is 0.976 bits per heavy atom. The molecule has 0 bridgehead atoms. The van der Waals surface area contributed by atoms with Gasteiger partial charge in [-0.3, -0.25) is 9.78 Å². The van der Waals surface area contributed by atoms with E-state index in [-0.39, 0.29) is 17.6 Å². The van der Waals surface area contributed by atoms with Crippen molar-refractivity contribution in [3.8, 4) is 11.5 Å². The SMILES string of the molecule is COc1cc(C(Cc2ccccc2)OC(CCc2ccc(CC(=O)O)cn2)O[Si](C)(C)C(C)(C)C)cc(OC)c1C. The summed E-state index contributed by atoms with van der Waals surface area (Å²) >= 11 is 0. The van der Waals surface area contributed by atoms with Crippen molar-refractivity contribution in [2.45, 2.75) is 83.9 Å². The molecule has 7 nitrogen and oxygen atoms in total. The van der Waals surface area contributed by atoms with Crippen molar-refractivity contribution in [2.24, 2.45) is 0 Å². The number of benzene rings is 2. The second-order valence-corrected chi connectivity index (χ2v) is 16.7. The Balaban J connectivity index is 1.95. The average molecular weight is 580 g/mol. The lowest BCUT2D eigenvalue weighted by Gasteiger charge is -2.40. The molecular weight excluding hydrogens is 534 g/mol. The monoisotopic (exact) mass is 579 g/mol. The van der Waals surface area contributed by atoms with Crippen LogP contribution in [0.25, 0.3) is 0 Å². The van der Waals surface area contributed by atoms with Gasteiger partial charge < -0.3 is 23.7 Å². The first-order valence-electron chi connectivity index (χ1n) is 14.1. The number of carbonyl (C=O) groups is 1. The smallest absolute Gasteiger partial charge is 0.307 e. The van der Waals surface area contributed by atoms with Gasteiger partial charge in [0, 0.05) is 30.3 Å². The number of aromatic nitrogens is 1. The van der Waals surface area contributed by atoms with E-state index in [9.17, 15) is 4.79 Å². The van der Waals surface area contributed by atoms with E-state index in [0.29, 0.717) is 24.8 Å². The molecule has 3 aromatic rings. The molecule has 0 aliphatic heterocycles. The third-order valence-electron chi connectivity index (χ3n) is 7.84. The van der Waals surface area contributed by atoms with E-state index in [0.717, 1.165) is 33.9 Å². The van der Waals surface area contributed by atoms with E-state index in [4.69, 9.17) is 23.7 Å². The molecular formula is C33H45NO6Si. The molecule has 0 fully saturated rings. The Bertz CT molecular complexity index is 1250. The maximum absolute atomic E-state index is 11.1. The number of aliphatic carboxylic acids is 1. The van der Waals surface area contributed by atoms with E-state index in [1.807, 2.05) is 49.4 Å². The number of carboxylic acids is 1. The van der Waals surface area contributed by atoms with Crippen LogP contribution in [0, 0.1) is 6.92 Å². The first kappa shape index (κ1) is 32.3. The summed E-state index contributed by atoms with van der Waals surface area (Å²) in [5.74, 6) is 0.617. The Morgan fingerprint density at radius 3 is 2.12 bits per heavy atom. The number of methoxy groups -OCH3 is 2. The lowest BCUT2D eigenvalue weighted by atomic mass is 9.99. The van der Waals surface area contributed by atoms with Crippen molar-refractivity contribution in [2.75, 3.05) is 14.2 Å². The molecule has 41 heavy (non-hydrogen) atoms. The van der Waals surface area contributed by atoms with Gasteiger partial charge in [0.15, 0.2) is 8.32 Å². The first-order valence-corrected chi connectivity index (χ1v) is 17.0. The normalized spacial score (nSPS) is 13.5. The molecule has 8 heteroatoms. The number of ether oxygens (including phenoxy) is 3. The Labute approximate surface area is 246 Å². The minimum absolute atomic E-state index is 0.00341. The highest BCUT2D eigenvalue weighted by Crippen LogP contribution is 2.40. The van der Waals surface area contributed by atoms with Crippen LogP contribution in [0.15, 0.2) is 60.8 Å². The van der Waals surface area contributed by atoms with Crippen LogP contribution in [0.4, 0.5) is 0 Å². The van der Waals surface area contributed by atoms with Crippen LogP contribution >= 0.6 is 0 Å². The van der Waals surface area contributed by atoms with Gasteiger partial charge in [0.1, 0.15) is 17.8 Å². The van der Waals surface area contributed by atoms with E-state index in [2.05, 4.69) is 51.0 Å². The van der Waals surface area contributed by atoms with Crippen LogP contribution in [-0.2, 0) is 33.2 Å². The molecule has 3 rings (SSSR count). The zero-order valence-corrected chi connectivity index (χ0v) is 26.7. The van der Waals surface area contributed by atoms with Gasteiger partial charge in [-0.15, -0.1) is 0 Å². The summed E-state index contributed by atoms with van der Waals surface area (Å²) in [5.41, 5.74) is 4.58.